The van der Waals surface area contributed by atoms with E-state index in [1.807, 2.05) is 20.8 Å². The summed E-state index contributed by atoms with van der Waals surface area (Å²) in [5.74, 6) is -0.571. The van der Waals surface area contributed by atoms with Crippen LogP contribution in [0.1, 0.15) is 45.2 Å². The molecule has 0 spiro atoms. The summed E-state index contributed by atoms with van der Waals surface area (Å²) in [6, 6.07) is 19.1. The third-order valence-electron chi connectivity index (χ3n) is 6.73. The van der Waals surface area contributed by atoms with Gasteiger partial charge < -0.3 is 15.0 Å². The van der Waals surface area contributed by atoms with Crippen molar-refractivity contribution in [3.05, 3.63) is 88.9 Å². The molecule has 0 radical (unpaired) electrons. The zero-order valence-corrected chi connectivity index (χ0v) is 25.7. The van der Waals surface area contributed by atoms with Crippen molar-refractivity contribution in [2.45, 2.75) is 64.6 Å². The van der Waals surface area contributed by atoms with Gasteiger partial charge in [-0.25, -0.2) is 8.42 Å². The standard InChI is InChI=1S/C31H38ClN3O5S/c1-6-23(4)33-31(37)24(5)34(20-25-11-10-12-26(32)19-25)30(36)21-35(28-13-8-9-14-29(28)40-7-2)41(38,39)27-17-15-22(3)16-18-27/h8-19,23-24H,6-7,20-21H2,1-5H3,(H,33,37)/t23-,24-/m0/s1. The number of anilines is 1. The number of nitrogens with one attached hydrogen (secondary N) is 1. The van der Waals surface area contributed by atoms with Crippen LogP contribution in [0.4, 0.5) is 5.69 Å². The van der Waals surface area contributed by atoms with Gasteiger partial charge in [0.1, 0.15) is 18.3 Å². The lowest BCUT2D eigenvalue weighted by molar-refractivity contribution is -0.139. The van der Waals surface area contributed by atoms with Gasteiger partial charge in [-0.05, 0) is 76.1 Å². The van der Waals surface area contributed by atoms with Gasteiger partial charge in [0.25, 0.3) is 10.0 Å². The number of ether oxygens (including phenoxy) is 1. The van der Waals surface area contributed by atoms with Gasteiger partial charge in [0.05, 0.1) is 17.2 Å². The molecule has 0 fully saturated rings. The van der Waals surface area contributed by atoms with Gasteiger partial charge in [-0.15, -0.1) is 0 Å². The summed E-state index contributed by atoms with van der Waals surface area (Å²) < 4.78 is 34.9. The molecule has 0 unspecified atom stereocenters. The fourth-order valence-corrected chi connectivity index (χ4v) is 5.81. The number of benzene rings is 3. The lowest BCUT2D eigenvalue weighted by atomic mass is 10.1. The SMILES string of the molecule is CCOc1ccccc1N(CC(=O)N(Cc1cccc(Cl)c1)[C@@H](C)C(=O)N[C@@H](C)CC)S(=O)(=O)c1ccc(C)cc1. The normalized spacial score (nSPS) is 12.7. The first kappa shape index (κ1) is 32.0. The van der Waals surface area contributed by atoms with E-state index in [9.17, 15) is 18.0 Å². The topological polar surface area (TPSA) is 96.0 Å². The maximum Gasteiger partial charge on any atom is 0.264 e. The molecule has 0 aliphatic rings. The van der Waals surface area contributed by atoms with Crippen LogP contribution in [0.15, 0.2) is 77.7 Å². The highest BCUT2D eigenvalue weighted by Crippen LogP contribution is 2.33. The van der Waals surface area contributed by atoms with E-state index in [4.69, 9.17) is 16.3 Å². The lowest BCUT2D eigenvalue weighted by Crippen LogP contribution is -2.52. The second-order valence-electron chi connectivity index (χ2n) is 9.87. The number of halogens is 1. The van der Waals surface area contributed by atoms with Crippen molar-refractivity contribution in [1.29, 1.82) is 0 Å². The molecule has 0 bridgehead atoms. The average molecular weight is 600 g/mol. The van der Waals surface area contributed by atoms with Crippen molar-refractivity contribution in [2.24, 2.45) is 0 Å². The summed E-state index contributed by atoms with van der Waals surface area (Å²) >= 11 is 6.20. The Kier molecular flexibility index (Phi) is 11.2. The molecule has 3 aromatic rings. The highest BCUT2D eigenvalue weighted by molar-refractivity contribution is 7.92. The highest BCUT2D eigenvalue weighted by atomic mass is 35.5. The van der Waals surface area contributed by atoms with Crippen LogP contribution in [0, 0.1) is 6.92 Å². The molecule has 41 heavy (non-hydrogen) atoms. The maximum atomic E-state index is 14.1. The first-order valence-electron chi connectivity index (χ1n) is 13.6. The highest BCUT2D eigenvalue weighted by Gasteiger charge is 2.34. The van der Waals surface area contributed by atoms with Crippen molar-refractivity contribution >= 4 is 39.1 Å². The van der Waals surface area contributed by atoms with Crippen molar-refractivity contribution < 1.29 is 22.7 Å². The van der Waals surface area contributed by atoms with E-state index >= 15 is 0 Å². The molecule has 0 heterocycles. The molecule has 0 aromatic heterocycles. The molecular weight excluding hydrogens is 562 g/mol. The number of rotatable bonds is 13. The number of hydrogen-bond acceptors (Lipinski definition) is 5. The van der Waals surface area contributed by atoms with E-state index in [-0.39, 0.29) is 29.1 Å². The Morgan fingerprint density at radius 3 is 2.29 bits per heavy atom. The van der Waals surface area contributed by atoms with E-state index in [1.165, 1.54) is 17.0 Å². The largest absolute Gasteiger partial charge is 0.492 e. The molecule has 0 saturated carbocycles. The number of para-hydroxylation sites is 2. The molecule has 1 N–H and O–H groups in total. The van der Waals surface area contributed by atoms with Crippen molar-refractivity contribution in [3.8, 4) is 5.75 Å². The van der Waals surface area contributed by atoms with E-state index < -0.39 is 28.5 Å². The van der Waals surface area contributed by atoms with E-state index in [1.54, 1.807) is 74.5 Å². The molecule has 0 saturated heterocycles. The Bertz CT molecular complexity index is 1450. The Hall–Kier alpha value is -3.56. The zero-order chi connectivity index (χ0) is 30.2. The third-order valence-corrected chi connectivity index (χ3v) is 8.74. The van der Waals surface area contributed by atoms with Gasteiger partial charge >= 0.3 is 0 Å². The number of carbonyl (C=O) groups is 2. The molecule has 3 aromatic carbocycles. The third kappa shape index (κ3) is 8.24. The van der Waals surface area contributed by atoms with Gasteiger partial charge in [0.2, 0.25) is 11.8 Å². The molecule has 10 heteroatoms. The van der Waals surface area contributed by atoms with Crippen LogP contribution >= 0.6 is 11.6 Å². The first-order valence-corrected chi connectivity index (χ1v) is 15.4. The fraction of sp³-hybridized carbons (Fsp3) is 0.355. The monoisotopic (exact) mass is 599 g/mol. The van der Waals surface area contributed by atoms with Crippen LogP contribution in [0.5, 0.6) is 5.75 Å². The predicted molar refractivity (Wildman–Crippen MR) is 163 cm³/mol. The summed E-state index contributed by atoms with van der Waals surface area (Å²) in [7, 11) is -4.20. The minimum Gasteiger partial charge on any atom is -0.492 e. The minimum atomic E-state index is -4.20. The molecule has 0 aliphatic carbocycles. The second-order valence-corrected chi connectivity index (χ2v) is 12.2. The summed E-state index contributed by atoms with van der Waals surface area (Å²) in [6.07, 6.45) is 0.720. The first-order chi connectivity index (χ1) is 19.5. The van der Waals surface area contributed by atoms with Crippen LogP contribution in [0.25, 0.3) is 0 Å². The number of hydrogen-bond donors (Lipinski definition) is 1. The Labute approximate surface area is 248 Å². The van der Waals surface area contributed by atoms with Crippen molar-refractivity contribution in [2.75, 3.05) is 17.5 Å². The quantitative estimate of drug-likeness (QED) is 0.277. The maximum absolute atomic E-state index is 14.1. The van der Waals surface area contributed by atoms with Gasteiger partial charge in [0.15, 0.2) is 0 Å². The summed E-state index contributed by atoms with van der Waals surface area (Å²) in [5, 5.41) is 3.41. The smallest absolute Gasteiger partial charge is 0.264 e. The summed E-state index contributed by atoms with van der Waals surface area (Å²) in [5.41, 5.74) is 1.83. The average Bonchev–Trinajstić information content (AvgIpc) is 2.95. The molecule has 3 rings (SSSR count). The molecule has 220 valence electrons. The van der Waals surface area contributed by atoms with Crippen LogP contribution < -0.4 is 14.4 Å². The number of aryl methyl sites for hydroxylation is 1. The van der Waals surface area contributed by atoms with Gasteiger partial charge in [0, 0.05) is 17.6 Å². The molecular formula is C31H38ClN3O5S. The Balaban J connectivity index is 2.08. The predicted octanol–water partition coefficient (Wildman–Crippen LogP) is 5.57. The van der Waals surface area contributed by atoms with Crippen LogP contribution in [-0.4, -0.2) is 50.4 Å². The number of amides is 2. The van der Waals surface area contributed by atoms with E-state index in [2.05, 4.69) is 5.32 Å². The Morgan fingerprint density at radius 1 is 0.976 bits per heavy atom. The van der Waals surface area contributed by atoms with Gasteiger partial charge in [-0.2, -0.15) is 0 Å². The van der Waals surface area contributed by atoms with Gasteiger partial charge in [-0.1, -0.05) is 60.5 Å². The second kappa shape index (κ2) is 14.4. The van der Waals surface area contributed by atoms with Crippen LogP contribution in [-0.2, 0) is 26.2 Å². The van der Waals surface area contributed by atoms with E-state index in [0.29, 0.717) is 22.9 Å². The lowest BCUT2D eigenvalue weighted by Gasteiger charge is -2.33. The van der Waals surface area contributed by atoms with Crippen molar-refractivity contribution in [1.82, 2.24) is 10.2 Å². The number of nitrogens with zero attached hydrogens (tertiary/aromatic N) is 2. The zero-order valence-electron chi connectivity index (χ0n) is 24.1. The minimum absolute atomic E-state index is 0.0335. The summed E-state index contributed by atoms with van der Waals surface area (Å²) in [6.45, 7) is 8.93. The van der Waals surface area contributed by atoms with Crippen molar-refractivity contribution in [3.63, 3.8) is 0 Å². The molecule has 2 atom stereocenters. The number of carbonyl (C=O) groups excluding carboxylic acids is 2. The van der Waals surface area contributed by atoms with E-state index in [0.717, 1.165) is 16.3 Å². The Morgan fingerprint density at radius 2 is 1.66 bits per heavy atom. The summed E-state index contributed by atoms with van der Waals surface area (Å²) in [4.78, 5) is 28.7. The molecule has 2 amide bonds. The van der Waals surface area contributed by atoms with Crippen LogP contribution in [0.2, 0.25) is 5.02 Å². The number of sulfonamides is 1. The molecule has 0 aliphatic heterocycles. The fourth-order valence-electron chi connectivity index (χ4n) is 4.17. The molecule has 8 nitrogen and oxygen atoms in total. The van der Waals surface area contributed by atoms with Gasteiger partial charge in [-0.3, -0.25) is 13.9 Å². The van der Waals surface area contributed by atoms with Crippen LogP contribution in [0.3, 0.4) is 0 Å².